The first-order valence-corrected chi connectivity index (χ1v) is 5.47. The second kappa shape index (κ2) is 4.11. The van der Waals surface area contributed by atoms with Crippen molar-refractivity contribution in [3.8, 4) is 5.75 Å². The van der Waals surface area contributed by atoms with Gasteiger partial charge in [0.05, 0.1) is 0 Å². The van der Waals surface area contributed by atoms with Crippen LogP contribution in [0.15, 0.2) is 39.2 Å². The molecule has 0 unspecified atom stereocenters. The summed E-state index contributed by atoms with van der Waals surface area (Å²) in [7, 11) is 0. The van der Waals surface area contributed by atoms with Crippen LogP contribution in [-0.2, 0) is 6.42 Å². The third kappa shape index (κ3) is 2.42. The number of furan rings is 1. The number of aryl methyl sites for hydroxylation is 1. The van der Waals surface area contributed by atoms with Crippen LogP contribution in [-0.4, -0.2) is 5.11 Å². The van der Waals surface area contributed by atoms with E-state index in [1.165, 1.54) is 0 Å². The summed E-state index contributed by atoms with van der Waals surface area (Å²) in [5.41, 5.74) is 0.868. The third-order valence-corrected chi connectivity index (χ3v) is 2.70. The maximum absolute atomic E-state index is 9.69. The molecular formula is C12H11BrO2. The highest BCUT2D eigenvalue weighted by molar-refractivity contribution is 9.10. The van der Waals surface area contributed by atoms with Crippen molar-refractivity contribution in [3.63, 3.8) is 0 Å². The number of rotatable bonds is 2. The summed E-state index contributed by atoms with van der Waals surface area (Å²) in [5, 5.41) is 9.69. The summed E-state index contributed by atoms with van der Waals surface area (Å²) in [4.78, 5) is 0. The molecule has 0 aliphatic carbocycles. The van der Waals surface area contributed by atoms with Gasteiger partial charge in [-0.25, -0.2) is 0 Å². The van der Waals surface area contributed by atoms with E-state index in [0.29, 0.717) is 12.2 Å². The molecule has 0 aliphatic heterocycles. The van der Waals surface area contributed by atoms with Crippen molar-refractivity contribution >= 4 is 15.9 Å². The number of hydrogen-bond acceptors (Lipinski definition) is 2. The Balaban J connectivity index is 2.24. The first-order valence-electron chi connectivity index (χ1n) is 4.68. The minimum absolute atomic E-state index is 0.290. The van der Waals surface area contributed by atoms with E-state index >= 15 is 0 Å². The zero-order valence-electron chi connectivity index (χ0n) is 8.33. The van der Waals surface area contributed by atoms with Crippen molar-refractivity contribution in [3.05, 3.63) is 51.9 Å². The van der Waals surface area contributed by atoms with Gasteiger partial charge in [-0.1, -0.05) is 22.0 Å². The standard InChI is InChI=1S/C12H11BrO2/c1-8-2-5-11(15-8)6-9-3-4-10(13)7-12(9)14/h2-5,7,14H,6H2,1H3. The van der Waals surface area contributed by atoms with E-state index in [9.17, 15) is 5.11 Å². The lowest BCUT2D eigenvalue weighted by Crippen LogP contribution is -1.86. The molecule has 0 saturated carbocycles. The molecule has 0 bridgehead atoms. The van der Waals surface area contributed by atoms with Crippen LogP contribution >= 0.6 is 15.9 Å². The molecule has 0 aliphatic rings. The molecule has 1 heterocycles. The third-order valence-electron chi connectivity index (χ3n) is 2.21. The molecule has 1 aromatic carbocycles. The molecule has 0 fully saturated rings. The summed E-state index contributed by atoms with van der Waals surface area (Å²) in [6.07, 6.45) is 0.618. The Labute approximate surface area is 96.7 Å². The molecule has 78 valence electrons. The second-order valence-electron chi connectivity index (χ2n) is 3.46. The zero-order valence-corrected chi connectivity index (χ0v) is 9.91. The van der Waals surface area contributed by atoms with Crippen molar-refractivity contribution in [2.75, 3.05) is 0 Å². The normalized spacial score (nSPS) is 10.5. The van der Waals surface area contributed by atoms with Gasteiger partial charge in [0.2, 0.25) is 0 Å². The average molecular weight is 267 g/mol. The van der Waals surface area contributed by atoms with E-state index in [-0.39, 0.29) is 0 Å². The minimum Gasteiger partial charge on any atom is -0.508 e. The average Bonchev–Trinajstić information content (AvgIpc) is 2.56. The Kier molecular flexibility index (Phi) is 2.82. The van der Waals surface area contributed by atoms with Gasteiger partial charge in [-0.3, -0.25) is 0 Å². The lowest BCUT2D eigenvalue weighted by molar-refractivity contribution is 0.459. The lowest BCUT2D eigenvalue weighted by Gasteiger charge is -2.02. The molecule has 2 aromatic rings. The van der Waals surface area contributed by atoms with Crippen LogP contribution < -0.4 is 0 Å². The molecule has 2 nitrogen and oxygen atoms in total. The quantitative estimate of drug-likeness (QED) is 0.901. The highest BCUT2D eigenvalue weighted by atomic mass is 79.9. The monoisotopic (exact) mass is 266 g/mol. The van der Waals surface area contributed by atoms with Gasteiger partial charge in [0.15, 0.2) is 0 Å². The van der Waals surface area contributed by atoms with Crippen LogP contribution in [0.5, 0.6) is 5.75 Å². The molecule has 3 heteroatoms. The molecule has 0 spiro atoms. The van der Waals surface area contributed by atoms with Crippen molar-refractivity contribution in [1.29, 1.82) is 0 Å². The summed E-state index contributed by atoms with van der Waals surface area (Å²) in [5.74, 6) is 2.05. The van der Waals surface area contributed by atoms with Crippen molar-refractivity contribution in [2.24, 2.45) is 0 Å². The molecule has 0 saturated heterocycles. The fourth-order valence-electron chi connectivity index (χ4n) is 1.45. The fraction of sp³-hybridized carbons (Fsp3) is 0.167. The first kappa shape index (κ1) is 10.3. The van der Waals surface area contributed by atoms with E-state index in [2.05, 4.69) is 15.9 Å². The summed E-state index contributed by atoms with van der Waals surface area (Å²) in [6.45, 7) is 1.91. The summed E-state index contributed by atoms with van der Waals surface area (Å²) in [6, 6.07) is 9.33. The lowest BCUT2D eigenvalue weighted by atomic mass is 10.1. The Morgan fingerprint density at radius 3 is 2.67 bits per heavy atom. The number of phenolic OH excluding ortho intramolecular Hbond substituents is 1. The van der Waals surface area contributed by atoms with E-state index in [0.717, 1.165) is 21.6 Å². The highest BCUT2D eigenvalue weighted by Gasteiger charge is 2.05. The number of benzene rings is 1. The Hall–Kier alpha value is -1.22. The summed E-state index contributed by atoms with van der Waals surface area (Å²) >= 11 is 3.30. The number of halogens is 1. The molecule has 0 atom stereocenters. The zero-order chi connectivity index (χ0) is 10.8. The van der Waals surface area contributed by atoms with Crippen LogP contribution in [0.4, 0.5) is 0 Å². The van der Waals surface area contributed by atoms with Gasteiger partial charge in [-0.15, -0.1) is 0 Å². The number of aromatic hydroxyl groups is 1. The Morgan fingerprint density at radius 1 is 1.27 bits per heavy atom. The largest absolute Gasteiger partial charge is 0.508 e. The predicted molar refractivity (Wildman–Crippen MR) is 62.1 cm³/mol. The van der Waals surface area contributed by atoms with Crippen LogP contribution in [0.3, 0.4) is 0 Å². The van der Waals surface area contributed by atoms with E-state index < -0.39 is 0 Å². The maximum atomic E-state index is 9.69. The molecule has 0 amide bonds. The Morgan fingerprint density at radius 2 is 2.07 bits per heavy atom. The van der Waals surface area contributed by atoms with Gasteiger partial charge in [0.1, 0.15) is 17.3 Å². The molecule has 15 heavy (non-hydrogen) atoms. The van der Waals surface area contributed by atoms with Crippen molar-refractivity contribution < 1.29 is 9.52 Å². The van der Waals surface area contributed by atoms with Gasteiger partial charge in [-0.2, -0.15) is 0 Å². The molecule has 1 N–H and O–H groups in total. The van der Waals surface area contributed by atoms with Crippen LogP contribution in [0, 0.1) is 6.92 Å². The van der Waals surface area contributed by atoms with Crippen LogP contribution in [0.2, 0.25) is 0 Å². The van der Waals surface area contributed by atoms with Gasteiger partial charge in [0.25, 0.3) is 0 Å². The van der Waals surface area contributed by atoms with Crippen molar-refractivity contribution in [2.45, 2.75) is 13.3 Å². The Bertz CT molecular complexity index is 474. The molecular weight excluding hydrogens is 256 g/mol. The van der Waals surface area contributed by atoms with E-state index in [4.69, 9.17) is 4.42 Å². The number of hydrogen-bond donors (Lipinski definition) is 1. The smallest absolute Gasteiger partial charge is 0.120 e. The molecule has 1 aromatic heterocycles. The van der Waals surface area contributed by atoms with Crippen LogP contribution in [0.1, 0.15) is 17.1 Å². The first-order chi connectivity index (χ1) is 7.15. The summed E-state index contributed by atoms with van der Waals surface area (Å²) < 4.78 is 6.32. The topological polar surface area (TPSA) is 33.4 Å². The van der Waals surface area contributed by atoms with Gasteiger partial charge >= 0.3 is 0 Å². The minimum atomic E-state index is 0.290. The predicted octanol–water partition coefficient (Wildman–Crippen LogP) is 3.65. The van der Waals surface area contributed by atoms with Gasteiger partial charge < -0.3 is 9.52 Å². The van der Waals surface area contributed by atoms with Crippen molar-refractivity contribution in [1.82, 2.24) is 0 Å². The van der Waals surface area contributed by atoms with E-state index in [1.54, 1.807) is 6.07 Å². The number of phenols is 1. The highest BCUT2D eigenvalue weighted by Crippen LogP contribution is 2.25. The SMILES string of the molecule is Cc1ccc(Cc2ccc(Br)cc2O)o1. The van der Waals surface area contributed by atoms with Crippen LogP contribution in [0.25, 0.3) is 0 Å². The fourth-order valence-corrected chi connectivity index (χ4v) is 1.80. The van der Waals surface area contributed by atoms with Gasteiger partial charge in [0, 0.05) is 16.5 Å². The second-order valence-corrected chi connectivity index (χ2v) is 4.38. The van der Waals surface area contributed by atoms with Gasteiger partial charge in [-0.05, 0) is 31.2 Å². The van der Waals surface area contributed by atoms with E-state index in [1.807, 2.05) is 31.2 Å². The molecule has 2 rings (SSSR count). The molecule has 0 radical (unpaired) electrons. The maximum Gasteiger partial charge on any atom is 0.120 e.